The zero-order chi connectivity index (χ0) is 21.0. The minimum atomic E-state index is -0.148. The maximum Gasteiger partial charge on any atom is 0.162 e. The molecule has 0 bridgehead atoms. The smallest absolute Gasteiger partial charge is 0.162 e. The molecule has 4 nitrogen and oxygen atoms in total. The van der Waals surface area contributed by atoms with Crippen molar-refractivity contribution in [3.05, 3.63) is 81.5 Å². The Balaban J connectivity index is 1.73. The van der Waals surface area contributed by atoms with Gasteiger partial charge in [-0.05, 0) is 36.5 Å². The molecule has 3 aromatic rings. The van der Waals surface area contributed by atoms with Gasteiger partial charge in [0.1, 0.15) is 0 Å². The molecule has 2 heterocycles. The number of nitrogens with zero attached hydrogens (tertiary/aromatic N) is 1. The van der Waals surface area contributed by atoms with Crippen molar-refractivity contribution in [3.63, 3.8) is 0 Å². The van der Waals surface area contributed by atoms with E-state index in [2.05, 4.69) is 60.6 Å². The fraction of sp³-hybridized carbons (Fsp3) is 0.280. The van der Waals surface area contributed by atoms with Gasteiger partial charge in [-0.25, -0.2) is 0 Å². The molecule has 5 heteroatoms. The number of benzene rings is 2. The summed E-state index contributed by atoms with van der Waals surface area (Å²) in [7, 11) is 0. The number of fused-ring (bicyclic) bond motifs is 1. The lowest BCUT2D eigenvalue weighted by atomic mass is 9.69. The average Bonchev–Trinajstić information content (AvgIpc) is 3.10. The molecule has 2 aliphatic rings. The highest BCUT2D eigenvalue weighted by Gasteiger charge is 2.42. The number of nitrogens with one attached hydrogen (secondary N) is 2. The fourth-order valence-corrected chi connectivity index (χ4v) is 4.85. The van der Waals surface area contributed by atoms with Gasteiger partial charge in [0, 0.05) is 39.8 Å². The highest BCUT2D eigenvalue weighted by molar-refractivity contribution is 6.30. The molecule has 2 aromatic carbocycles. The van der Waals surface area contributed by atoms with E-state index in [-0.39, 0.29) is 17.1 Å². The quantitative estimate of drug-likeness (QED) is 0.518. The van der Waals surface area contributed by atoms with E-state index in [1.807, 2.05) is 24.3 Å². The van der Waals surface area contributed by atoms with Crippen LogP contribution in [0.1, 0.15) is 49.3 Å². The minimum Gasteiger partial charge on any atom is -0.342 e. The molecule has 0 saturated carbocycles. The van der Waals surface area contributed by atoms with Crippen molar-refractivity contribution >= 4 is 23.2 Å². The summed E-state index contributed by atoms with van der Waals surface area (Å²) in [6.07, 6.45) is 1.39. The van der Waals surface area contributed by atoms with Gasteiger partial charge in [0.25, 0.3) is 0 Å². The molecule has 0 unspecified atom stereocenters. The number of allylic oxidation sites excluding steroid dienone is 2. The molecule has 1 aromatic heterocycles. The second kappa shape index (κ2) is 6.85. The number of carbonyl (C=O) groups excluding carboxylic acids is 1. The maximum atomic E-state index is 13.4. The number of anilines is 1. The highest BCUT2D eigenvalue weighted by atomic mass is 35.5. The van der Waals surface area contributed by atoms with E-state index >= 15 is 0 Å². The monoisotopic (exact) mass is 417 g/mol. The molecular weight excluding hydrogens is 394 g/mol. The molecule has 152 valence electrons. The summed E-state index contributed by atoms with van der Waals surface area (Å²) in [5.41, 5.74) is 7.07. The Labute approximate surface area is 181 Å². The summed E-state index contributed by atoms with van der Waals surface area (Å²) in [6.45, 7) is 6.38. The summed E-state index contributed by atoms with van der Waals surface area (Å²) < 4.78 is 0. The Hall–Kier alpha value is -2.85. The first-order valence-corrected chi connectivity index (χ1v) is 10.6. The number of hydrogen-bond acceptors (Lipinski definition) is 3. The van der Waals surface area contributed by atoms with Crippen LogP contribution in [-0.2, 0) is 4.79 Å². The van der Waals surface area contributed by atoms with Crippen molar-refractivity contribution in [2.24, 2.45) is 5.41 Å². The van der Waals surface area contributed by atoms with E-state index in [4.69, 9.17) is 11.6 Å². The van der Waals surface area contributed by atoms with Crippen LogP contribution in [0, 0.1) is 12.3 Å². The van der Waals surface area contributed by atoms with Crippen molar-refractivity contribution in [2.45, 2.75) is 39.5 Å². The van der Waals surface area contributed by atoms with Crippen LogP contribution in [0.2, 0.25) is 5.02 Å². The Morgan fingerprint density at radius 1 is 1.03 bits per heavy atom. The van der Waals surface area contributed by atoms with Crippen LogP contribution in [-0.4, -0.2) is 16.0 Å². The Morgan fingerprint density at radius 3 is 2.43 bits per heavy atom. The van der Waals surface area contributed by atoms with Gasteiger partial charge in [0.05, 0.1) is 5.69 Å². The second-order valence-corrected chi connectivity index (χ2v) is 9.61. The van der Waals surface area contributed by atoms with E-state index in [0.717, 1.165) is 45.9 Å². The third kappa shape index (κ3) is 3.16. The van der Waals surface area contributed by atoms with E-state index in [1.54, 1.807) is 0 Å². The molecule has 0 fully saturated rings. The Kier molecular flexibility index (Phi) is 4.37. The number of Topliss-reactive ketones (excluding diaryl/α,β-unsaturated/α-hetero) is 1. The first-order chi connectivity index (χ1) is 14.3. The third-order valence-corrected chi connectivity index (χ3v) is 6.37. The van der Waals surface area contributed by atoms with Crippen molar-refractivity contribution < 1.29 is 4.79 Å². The summed E-state index contributed by atoms with van der Waals surface area (Å²) in [6, 6.07) is 16.2. The second-order valence-electron chi connectivity index (χ2n) is 9.17. The van der Waals surface area contributed by atoms with Crippen LogP contribution in [0.5, 0.6) is 0 Å². The molecule has 0 saturated heterocycles. The SMILES string of the molecule is Cc1ccc([C@H]2C3=C(CC(C)(C)CC3=O)Nc3n[nH]c(-c4ccc(Cl)cc4)c32)cc1. The zero-order valence-corrected chi connectivity index (χ0v) is 18.1. The number of H-pyrrole nitrogens is 1. The molecule has 1 atom stereocenters. The number of carbonyl (C=O) groups is 1. The van der Waals surface area contributed by atoms with E-state index < -0.39 is 0 Å². The van der Waals surface area contributed by atoms with Gasteiger partial charge < -0.3 is 5.32 Å². The van der Waals surface area contributed by atoms with Gasteiger partial charge in [-0.3, -0.25) is 9.89 Å². The van der Waals surface area contributed by atoms with Gasteiger partial charge in [-0.15, -0.1) is 0 Å². The standard InChI is InChI=1S/C25H24ClN3O/c1-14-4-6-15(7-5-14)20-21-18(12-25(2,3)13-19(21)30)27-24-22(20)23(28-29-24)16-8-10-17(26)11-9-16/h4-11,20H,12-13H2,1-3H3,(H2,27,28,29)/t20-/m0/s1. The van der Waals surface area contributed by atoms with Crippen LogP contribution in [0.15, 0.2) is 59.8 Å². The fourth-order valence-electron chi connectivity index (χ4n) is 4.72. The molecule has 0 amide bonds. The lowest BCUT2D eigenvalue weighted by molar-refractivity contribution is -0.118. The number of aryl methyl sites for hydroxylation is 1. The lowest BCUT2D eigenvalue weighted by Gasteiger charge is -2.38. The Bertz CT molecular complexity index is 1170. The van der Waals surface area contributed by atoms with Crippen LogP contribution in [0.3, 0.4) is 0 Å². The van der Waals surface area contributed by atoms with Crippen LogP contribution in [0.25, 0.3) is 11.3 Å². The molecule has 5 rings (SSSR count). The third-order valence-electron chi connectivity index (χ3n) is 6.11. The number of halogens is 1. The summed E-state index contributed by atoms with van der Waals surface area (Å²) in [5.74, 6) is 0.868. The number of hydrogen-bond donors (Lipinski definition) is 2. The van der Waals surface area contributed by atoms with Crippen molar-refractivity contribution in [3.8, 4) is 11.3 Å². The van der Waals surface area contributed by atoms with Gasteiger partial charge in [-0.1, -0.05) is 67.4 Å². The zero-order valence-electron chi connectivity index (χ0n) is 17.3. The largest absolute Gasteiger partial charge is 0.342 e. The summed E-state index contributed by atoms with van der Waals surface area (Å²) in [4.78, 5) is 13.4. The molecule has 2 N–H and O–H groups in total. The van der Waals surface area contributed by atoms with Crippen molar-refractivity contribution in [1.82, 2.24) is 10.2 Å². The summed E-state index contributed by atoms with van der Waals surface area (Å²) >= 11 is 6.10. The summed E-state index contributed by atoms with van der Waals surface area (Å²) in [5, 5.41) is 12.0. The number of ketones is 1. The maximum absolute atomic E-state index is 13.4. The normalized spacial score (nSPS) is 19.9. The van der Waals surface area contributed by atoms with Gasteiger partial charge in [-0.2, -0.15) is 5.10 Å². The first-order valence-electron chi connectivity index (χ1n) is 10.3. The predicted octanol–water partition coefficient (Wildman–Crippen LogP) is 6.24. The first kappa shape index (κ1) is 19.1. The van der Waals surface area contributed by atoms with Crippen LogP contribution < -0.4 is 5.32 Å². The van der Waals surface area contributed by atoms with E-state index in [1.165, 1.54) is 5.56 Å². The van der Waals surface area contributed by atoms with Gasteiger partial charge >= 0.3 is 0 Å². The Morgan fingerprint density at radius 2 is 1.73 bits per heavy atom. The van der Waals surface area contributed by atoms with E-state index in [9.17, 15) is 4.79 Å². The molecule has 0 spiro atoms. The molecule has 1 aliphatic heterocycles. The number of aromatic nitrogens is 2. The van der Waals surface area contributed by atoms with Gasteiger partial charge in [0.15, 0.2) is 11.6 Å². The number of aromatic amines is 1. The van der Waals surface area contributed by atoms with Crippen LogP contribution in [0.4, 0.5) is 5.82 Å². The van der Waals surface area contributed by atoms with Crippen molar-refractivity contribution in [2.75, 3.05) is 5.32 Å². The lowest BCUT2D eigenvalue weighted by Crippen LogP contribution is -2.33. The van der Waals surface area contributed by atoms with E-state index in [0.29, 0.717) is 11.4 Å². The van der Waals surface area contributed by atoms with Gasteiger partial charge in [0.2, 0.25) is 0 Å². The molecule has 30 heavy (non-hydrogen) atoms. The minimum absolute atomic E-state index is 0.0619. The topological polar surface area (TPSA) is 57.8 Å². The van der Waals surface area contributed by atoms with Crippen LogP contribution >= 0.6 is 11.6 Å². The molecule has 0 radical (unpaired) electrons. The highest BCUT2D eigenvalue weighted by Crippen LogP contribution is 2.50. The van der Waals surface area contributed by atoms with Crippen molar-refractivity contribution in [1.29, 1.82) is 0 Å². The molecular formula is C25H24ClN3O. The number of rotatable bonds is 2. The molecule has 1 aliphatic carbocycles. The predicted molar refractivity (Wildman–Crippen MR) is 121 cm³/mol. The average molecular weight is 418 g/mol.